The number of fused-ring (bicyclic) bond motifs is 4. The van der Waals surface area contributed by atoms with E-state index in [4.69, 9.17) is 4.74 Å². The lowest BCUT2D eigenvalue weighted by Crippen LogP contribution is -2.28. The van der Waals surface area contributed by atoms with Gasteiger partial charge in [0, 0.05) is 29.8 Å². The molecule has 2 aromatic carbocycles. The number of carbonyl (C=O) groups excluding carboxylic acids is 1. The largest absolute Gasteiger partial charge is 0.489 e. The van der Waals surface area contributed by atoms with Gasteiger partial charge in [0.25, 0.3) is 5.91 Å². The second-order valence-corrected chi connectivity index (χ2v) is 7.23. The Bertz CT molecular complexity index is 1020. The highest BCUT2D eigenvalue weighted by atomic mass is 16.5. The van der Waals surface area contributed by atoms with E-state index in [-0.39, 0.29) is 17.9 Å². The number of amides is 1. The van der Waals surface area contributed by atoms with Crippen LogP contribution in [0.3, 0.4) is 0 Å². The van der Waals surface area contributed by atoms with Crippen molar-refractivity contribution < 1.29 is 9.53 Å². The molecule has 0 saturated carbocycles. The van der Waals surface area contributed by atoms with Gasteiger partial charge in [-0.1, -0.05) is 36.4 Å². The number of nitrogens with zero attached hydrogens (tertiary/aromatic N) is 1. The second kappa shape index (κ2) is 6.23. The highest BCUT2D eigenvalue weighted by molar-refractivity contribution is 6.06. The van der Waals surface area contributed by atoms with Crippen LogP contribution in [0.5, 0.6) is 5.75 Å². The van der Waals surface area contributed by atoms with Crippen LogP contribution in [0.15, 0.2) is 76.3 Å². The number of aliphatic imine (C=N–C) groups is 1. The molecule has 1 amide bonds. The van der Waals surface area contributed by atoms with Crippen molar-refractivity contribution in [3.63, 3.8) is 0 Å². The fourth-order valence-electron chi connectivity index (χ4n) is 4.22. The van der Waals surface area contributed by atoms with Crippen LogP contribution in [-0.4, -0.2) is 18.2 Å². The van der Waals surface area contributed by atoms with Crippen LogP contribution < -0.4 is 10.1 Å². The summed E-state index contributed by atoms with van der Waals surface area (Å²) in [5, 5.41) is 3.62. The number of ether oxygens (including phenoxy) is 1. The number of rotatable bonds is 3. The van der Waals surface area contributed by atoms with Crippen LogP contribution in [0, 0.1) is 0 Å². The maximum Gasteiger partial charge on any atom is 0.276 e. The summed E-state index contributed by atoms with van der Waals surface area (Å²) >= 11 is 0. The Labute approximate surface area is 158 Å². The maximum atomic E-state index is 12.3. The molecular formula is C23H20N2O2. The Kier molecular flexibility index (Phi) is 3.71. The van der Waals surface area contributed by atoms with E-state index in [2.05, 4.69) is 47.6 Å². The normalized spacial score (nSPS) is 22.6. The van der Waals surface area contributed by atoms with Crippen molar-refractivity contribution in [3.8, 4) is 5.75 Å². The van der Waals surface area contributed by atoms with Crippen molar-refractivity contribution in [1.82, 2.24) is 0 Å². The van der Waals surface area contributed by atoms with Gasteiger partial charge in [-0.25, -0.2) is 4.99 Å². The van der Waals surface area contributed by atoms with Gasteiger partial charge < -0.3 is 10.1 Å². The van der Waals surface area contributed by atoms with Gasteiger partial charge in [-0.15, -0.1) is 0 Å². The Morgan fingerprint density at radius 2 is 2.04 bits per heavy atom. The Morgan fingerprint density at radius 3 is 2.89 bits per heavy atom. The van der Waals surface area contributed by atoms with Crippen LogP contribution in [0.4, 0.5) is 5.69 Å². The van der Waals surface area contributed by atoms with E-state index in [9.17, 15) is 4.79 Å². The average Bonchev–Trinajstić information content (AvgIpc) is 3.07. The topological polar surface area (TPSA) is 50.7 Å². The molecule has 0 radical (unpaired) electrons. The fraction of sp³-hybridized carbons (Fsp3) is 0.217. The first kappa shape index (κ1) is 16.1. The lowest BCUT2D eigenvalue weighted by molar-refractivity contribution is -0.114. The van der Waals surface area contributed by atoms with E-state index < -0.39 is 0 Å². The zero-order chi connectivity index (χ0) is 18.4. The molecule has 2 aliphatic heterocycles. The van der Waals surface area contributed by atoms with Gasteiger partial charge in [-0.2, -0.15) is 0 Å². The summed E-state index contributed by atoms with van der Waals surface area (Å²) < 4.78 is 6.00. The molecule has 2 atom stereocenters. The smallest absolute Gasteiger partial charge is 0.276 e. The second-order valence-electron chi connectivity index (χ2n) is 7.23. The average molecular weight is 356 g/mol. The number of carbonyl (C=O) groups is 1. The first-order chi connectivity index (χ1) is 13.2. The molecule has 0 bridgehead atoms. The van der Waals surface area contributed by atoms with E-state index in [1.165, 1.54) is 11.1 Å². The van der Waals surface area contributed by atoms with E-state index in [1.807, 2.05) is 24.3 Å². The van der Waals surface area contributed by atoms with Crippen LogP contribution in [0.2, 0.25) is 0 Å². The van der Waals surface area contributed by atoms with E-state index in [0.29, 0.717) is 6.61 Å². The molecule has 0 aromatic heterocycles. The standard InChI is InChI=1S/C23H20N2O2/c1-14-17-9-10-24-23(26)20(17)12-19-18-11-16(7-8-21(18)25-22(14)19)27-13-15-5-3-2-4-6-15/h2-8,10-12,19,22,25H,9,13H2,1H3. The first-order valence-corrected chi connectivity index (χ1v) is 9.26. The van der Waals surface area contributed by atoms with Crippen LogP contribution in [-0.2, 0) is 11.4 Å². The van der Waals surface area contributed by atoms with Crippen molar-refractivity contribution in [1.29, 1.82) is 0 Å². The molecule has 2 heterocycles. The van der Waals surface area contributed by atoms with Crippen LogP contribution in [0.1, 0.15) is 30.4 Å². The summed E-state index contributed by atoms with van der Waals surface area (Å²) in [6.07, 6.45) is 4.54. The summed E-state index contributed by atoms with van der Waals surface area (Å²) in [5.41, 5.74) is 6.56. The van der Waals surface area contributed by atoms with Crippen molar-refractivity contribution >= 4 is 17.8 Å². The van der Waals surface area contributed by atoms with Gasteiger partial charge in [-0.3, -0.25) is 4.79 Å². The van der Waals surface area contributed by atoms with Gasteiger partial charge in [0.05, 0.1) is 6.04 Å². The number of anilines is 1. The molecule has 0 saturated heterocycles. The zero-order valence-electron chi connectivity index (χ0n) is 15.1. The highest BCUT2D eigenvalue weighted by Gasteiger charge is 2.38. The summed E-state index contributed by atoms with van der Waals surface area (Å²) in [4.78, 5) is 16.2. The minimum atomic E-state index is -0.126. The van der Waals surface area contributed by atoms with Gasteiger partial charge >= 0.3 is 0 Å². The summed E-state index contributed by atoms with van der Waals surface area (Å²) in [6, 6.07) is 16.5. The number of benzene rings is 2. The summed E-state index contributed by atoms with van der Waals surface area (Å²) in [6.45, 7) is 2.66. The predicted octanol–water partition coefficient (Wildman–Crippen LogP) is 4.40. The molecular weight excluding hydrogens is 336 g/mol. The third-order valence-corrected chi connectivity index (χ3v) is 5.65. The fourth-order valence-corrected chi connectivity index (χ4v) is 4.22. The lowest BCUT2D eigenvalue weighted by Gasteiger charge is -2.29. The van der Waals surface area contributed by atoms with Crippen molar-refractivity contribution in [2.75, 3.05) is 5.32 Å². The third kappa shape index (κ3) is 2.69. The van der Waals surface area contributed by atoms with Gasteiger partial charge in [-0.05, 0) is 47.4 Å². The summed E-state index contributed by atoms with van der Waals surface area (Å²) in [5.74, 6) is 0.856. The van der Waals surface area contributed by atoms with Crippen molar-refractivity contribution in [2.24, 2.45) is 4.99 Å². The Balaban J connectivity index is 1.45. The quantitative estimate of drug-likeness (QED) is 0.887. The molecule has 134 valence electrons. The van der Waals surface area contributed by atoms with E-state index in [1.54, 1.807) is 6.21 Å². The number of hydrogen-bond donors (Lipinski definition) is 1. The monoisotopic (exact) mass is 356 g/mol. The lowest BCUT2D eigenvalue weighted by atomic mass is 9.78. The molecule has 4 heteroatoms. The Morgan fingerprint density at radius 1 is 1.19 bits per heavy atom. The molecule has 27 heavy (non-hydrogen) atoms. The molecule has 1 N–H and O–H groups in total. The van der Waals surface area contributed by atoms with Crippen LogP contribution in [0.25, 0.3) is 0 Å². The number of hydrogen-bond acceptors (Lipinski definition) is 3. The van der Waals surface area contributed by atoms with Crippen molar-refractivity contribution in [2.45, 2.75) is 31.9 Å². The SMILES string of the molecule is CC1=C2CC=NC(=O)C2=CC2c3cc(OCc4ccccc4)ccc3NC12. The van der Waals surface area contributed by atoms with Crippen LogP contribution >= 0.6 is 0 Å². The third-order valence-electron chi connectivity index (χ3n) is 5.65. The molecule has 1 aliphatic carbocycles. The number of nitrogens with one attached hydrogen (secondary N) is 1. The van der Waals surface area contributed by atoms with Gasteiger partial charge in [0.2, 0.25) is 0 Å². The van der Waals surface area contributed by atoms with Gasteiger partial charge in [0.1, 0.15) is 12.4 Å². The predicted molar refractivity (Wildman–Crippen MR) is 106 cm³/mol. The molecule has 2 aromatic rings. The zero-order valence-corrected chi connectivity index (χ0v) is 15.1. The molecule has 4 nitrogen and oxygen atoms in total. The highest BCUT2D eigenvalue weighted by Crippen LogP contribution is 2.46. The molecule has 2 unspecified atom stereocenters. The van der Waals surface area contributed by atoms with E-state index in [0.717, 1.165) is 34.6 Å². The molecule has 3 aliphatic rings. The minimum Gasteiger partial charge on any atom is -0.489 e. The minimum absolute atomic E-state index is 0.126. The maximum absolute atomic E-state index is 12.3. The molecule has 0 fully saturated rings. The molecule has 5 rings (SSSR count). The van der Waals surface area contributed by atoms with Gasteiger partial charge in [0.15, 0.2) is 0 Å². The first-order valence-electron chi connectivity index (χ1n) is 9.26. The van der Waals surface area contributed by atoms with Crippen molar-refractivity contribution in [3.05, 3.63) is 82.5 Å². The Hall–Kier alpha value is -3.14. The summed E-state index contributed by atoms with van der Waals surface area (Å²) in [7, 11) is 0. The van der Waals surface area contributed by atoms with E-state index >= 15 is 0 Å². The molecule has 0 spiro atoms.